The van der Waals surface area contributed by atoms with Crippen molar-refractivity contribution in [3.8, 4) is 6.07 Å². The quantitative estimate of drug-likeness (QED) is 0.549. The van der Waals surface area contributed by atoms with E-state index in [1.54, 1.807) is 40.9 Å². The van der Waals surface area contributed by atoms with Crippen LogP contribution in [-0.2, 0) is 14.3 Å². The monoisotopic (exact) mass is 552 g/mol. The zero-order valence-electron chi connectivity index (χ0n) is 24.2. The molecule has 0 saturated carbocycles. The van der Waals surface area contributed by atoms with E-state index >= 15 is 0 Å². The van der Waals surface area contributed by atoms with E-state index in [9.17, 15) is 24.4 Å². The van der Waals surface area contributed by atoms with Gasteiger partial charge in [0.05, 0.1) is 18.2 Å². The molecule has 3 aliphatic heterocycles. The number of hydrogen-bond acceptors (Lipinski definition) is 7. The first-order chi connectivity index (χ1) is 18.8. The van der Waals surface area contributed by atoms with Crippen molar-refractivity contribution in [3.05, 3.63) is 35.4 Å². The van der Waals surface area contributed by atoms with Crippen LogP contribution < -0.4 is 5.32 Å². The number of nitriles is 1. The van der Waals surface area contributed by atoms with Crippen molar-refractivity contribution in [1.29, 1.82) is 5.26 Å². The van der Waals surface area contributed by atoms with Gasteiger partial charge < -0.3 is 24.8 Å². The second-order valence-corrected chi connectivity index (χ2v) is 12.1. The van der Waals surface area contributed by atoms with E-state index in [0.29, 0.717) is 31.5 Å². The van der Waals surface area contributed by atoms with E-state index in [-0.39, 0.29) is 36.3 Å². The molecule has 0 spiro atoms. The number of amides is 4. The molecule has 3 fully saturated rings. The number of alkyl carbamates (subject to hydrolysis) is 1. The van der Waals surface area contributed by atoms with Gasteiger partial charge in [-0.3, -0.25) is 19.3 Å². The lowest BCUT2D eigenvalue weighted by Crippen LogP contribution is -2.59. The summed E-state index contributed by atoms with van der Waals surface area (Å²) >= 11 is 0. The fourth-order valence-corrected chi connectivity index (χ4v) is 5.98. The molecule has 0 aromatic heterocycles. The van der Waals surface area contributed by atoms with Crippen molar-refractivity contribution in [3.63, 3.8) is 0 Å². The Labute approximate surface area is 236 Å². The number of benzene rings is 1. The molecule has 4 amide bonds. The Morgan fingerprint density at radius 3 is 2.60 bits per heavy atom. The summed E-state index contributed by atoms with van der Waals surface area (Å²) in [6.07, 6.45) is 1.24. The van der Waals surface area contributed by atoms with Gasteiger partial charge in [0.2, 0.25) is 11.8 Å². The molecule has 3 heterocycles. The third kappa shape index (κ3) is 6.07. The molecular formula is C29H40N6O5. The van der Waals surface area contributed by atoms with Crippen molar-refractivity contribution in [2.24, 2.45) is 0 Å². The smallest absolute Gasteiger partial charge is 0.408 e. The van der Waals surface area contributed by atoms with Crippen LogP contribution in [0.15, 0.2) is 24.3 Å². The largest absolute Gasteiger partial charge is 0.444 e. The van der Waals surface area contributed by atoms with Crippen LogP contribution in [0.25, 0.3) is 0 Å². The van der Waals surface area contributed by atoms with Gasteiger partial charge in [-0.25, -0.2) is 4.79 Å². The van der Waals surface area contributed by atoms with E-state index in [4.69, 9.17) is 4.74 Å². The van der Waals surface area contributed by atoms with Gasteiger partial charge in [0.15, 0.2) is 0 Å². The maximum atomic E-state index is 13.6. The predicted octanol–water partition coefficient (Wildman–Crippen LogP) is 2.14. The number of likely N-dealkylation sites (tertiary alicyclic amines) is 3. The predicted molar refractivity (Wildman–Crippen MR) is 147 cm³/mol. The molecule has 4 unspecified atom stereocenters. The topological polar surface area (TPSA) is 126 Å². The van der Waals surface area contributed by atoms with Gasteiger partial charge in [-0.2, -0.15) is 5.26 Å². The normalized spacial score (nSPS) is 24.0. The number of nitrogens with zero attached hydrogens (tertiary/aromatic N) is 5. The summed E-state index contributed by atoms with van der Waals surface area (Å²) in [4.78, 5) is 59.1. The highest BCUT2D eigenvalue weighted by atomic mass is 16.6. The molecule has 0 radical (unpaired) electrons. The summed E-state index contributed by atoms with van der Waals surface area (Å²) in [5.41, 5.74) is 0.713. The number of fused-ring (bicyclic) bond motifs is 2. The summed E-state index contributed by atoms with van der Waals surface area (Å²) in [5, 5.41) is 12.2. The second-order valence-electron chi connectivity index (χ2n) is 12.1. The van der Waals surface area contributed by atoms with E-state index in [1.165, 1.54) is 9.80 Å². The standard InChI is InChI=1S/C29H40N6O5/c1-18(19-9-7-10-20(13-19)25(36)32(5)6)35-22-14-24(27(35)38)33(16-22)17-23(31-28(39)40-29(2,3)4)26(37)34-12-8-11-21(34)15-30/h7,9-10,13,18,21-24H,8,11-12,14,16-17H2,1-6H3,(H,31,39)/t18?,21?,22-,23?,24?/m0/s1. The minimum Gasteiger partial charge on any atom is -0.444 e. The fraction of sp³-hybridized carbons (Fsp3) is 0.621. The molecule has 2 bridgehead atoms. The minimum atomic E-state index is -0.949. The summed E-state index contributed by atoms with van der Waals surface area (Å²) in [5.74, 6) is -0.468. The van der Waals surface area contributed by atoms with Crippen molar-refractivity contribution >= 4 is 23.8 Å². The average molecular weight is 553 g/mol. The Balaban J connectivity index is 1.48. The molecule has 1 N–H and O–H groups in total. The molecule has 1 aromatic carbocycles. The minimum absolute atomic E-state index is 0.0346. The number of rotatable bonds is 7. The highest BCUT2D eigenvalue weighted by molar-refractivity contribution is 5.94. The van der Waals surface area contributed by atoms with Gasteiger partial charge in [0.1, 0.15) is 17.7 Å². The Bertz CT molecular complexity index is 1200. The molecule has 11 nitrogen and oxygen atoms in total. The fourth-order valence-electron chi connectivity index (χ4n) is 5.98. The van der Waals surface area contributed by atoms with Gasteiger partial charge in [-0.1, -0.05) is 12.1 Å². The van der Waals surface area contributed by atoms with Gasteiger partial charge in [0, 0.05) is 45.3 Å². The van der Waals surface area contributed by atoms with E-state index < -0.39 is 29.8 Å². The van der Waals surface area contributed by atoms with Crippen molar-refractivity contribution in [2.75, 3.05) is 33.7 Å². The second kappa shape index (κ2) is 11.5. The number of carbonyl (C=O) groups is 4. The first kappa shape index (κ1) is 29.3. The van der Waals surface area contributed by atoms with Gasteiger partial charge in [0.25, 0.3) is 5.91 Å². The Morgan fingerprint density at radius 2 is 1.98 bits per heavy atom. The molecule has 3 saturated heterocycles. The van der Waals surface area contributed by atoms with Crippen LogP contribution in [0.1, 0.15) is 68.9 Å². The van der Waals surface area contributed by atoms with Gasteiger partial charge in [-0.15, -0.1) is 0 Å². The van der Waals surface area contributed by atoms with Crippen LogP contribution in [0.2, 0.25) is 0 Å². The first-order valence-corrected chi connectivity index (χ1v) is 13.9. The van der Waals surface area contributed by atoms with Crippen LogP contribution in [0.3, 0.4) is 0 Å². The lowest BCUT2D eigenvalue weighted by molar-refractivity contribution is -0.141. The zero-order chi connectivity index (χ0) is 29.4. The first-order valence-electron chi connectivity index (χ1n) is 13.9. The number of carbonyl (C=O) groups excluding carboxylic acids is 4. The summed E-state index contributed by atoms with van der Waals surface area (Å²) in [7, 11) is 3.41. The molecule has 1 aromatic rings. The number of nitrogens with one attached hydrogen (secondary N) is 1. The van der Waals surface area contributed by atoms with E-state index in [0.717, 1.165) is 12.0 Å². The van der Waals surface area contributed by atoms with Gasteiger partial charge in [-0.05, 0) is 64.7 Å². The molecule has 3 aliphatic rings. The molecule has 5 atom stereocenters. The molecule has 216 valence electrons. The third-order valence-corrected chi connectivity index (χ3v) is 7.84. The Hall–Kier alpha value is -3.65. The van der Waals surface area contributed by atoms with Crippen LogP contribution in [-0.4, -0.2) is 107 Å². The average Bonchev–Trinajstić information content (AvgIpc) is 3.60. The van der Waals surface area contributed by atoms with Gasteiger partial charge >= 0.3 is 6.09 Å². The summed E-state index contributed by atoms with van der Waals surface area (Å²) in [6.45, 7) is 8.36. The highest BCUT2D eigenvalue weighted by Gasteiger charge is 2.52. The Morgan fingerprint density at radius 1 is 1.25 bits per heavy atom. The zero-order valence-corrected chi connectivity index (χ0v) is 24.2. The van der Waals surface area contributed by atoms with Crippen LogP contribution in [0.5, 0.6) is 0 Å². The summed E-state index contributed by atoms with van der Waals surface area (Å²) < 4.78 is 5.41. The number of piperazine rings is 1. The van der Waals surface area contributed by atoms with Crippen LogP contribution >= 0.6 is 0 Å². The van der Waals surface area contributed by atoms with Crippen molar-refractivity contribution in [2.45, 2.75) is 82.8 Å². The molecule has 40 heavy (non-hydrogen) atoms. The third-order valence-electron chi connectivity index (χ3n) is 7.84. The van der Waals surface area contributed by atoms with Crippen molar-refractivity contribution < 1.29 is 23.9 Å². The van der Waals surface area contributed by atoms with Crippen LogP contribution in [0.4, 0.5) is 4.79 Å². The van der Waals surface area contributed by atoms with E-state index in [1.807, 2.05) is 34.9 Å². The maximum Gasteiger partial charge on any atom is 0.408 e. The van der Waals surface area contributed by atoms with Crippen molar-refractivity contribution in [1.82, 2.24) is 24.9 Å². The number of hydrogen-bond donors (Lipinski definition) is 1. The SMILES string of the molecule is CC(c1cccc(C(=O)N(C)C)c1)N1C(=O)C2C[C@H]1CN2CC(NC(=O)OC(C)(C)C)C(=O)N1CCCC1C#N. The van der Waals surface area contributed by atoms with Crippen LogP contribution in [0, 0.1) is 11.3 Å². The lowest BCUT2D eigenvalue weighted by atomic mass is 10.0. The Kier molecular flexibility index (Phi) is 8.40. The number of ether oxygens (including phenoxy) is 1. The lowest BCUT2D eigenvalue weighted by Gasteiger charge is -2.39. The highest BCUT2D eigenvalue weighted by Crippen LogP contribution is 2.38. The molecule has 4 rings (SSSR count). The maximum absolute atomic E-state index is 13.6. The molecule has 0 aliphatic carbocycles. The summed E-state index contributed by atoms with van der Waals surface area (Å²) in [6, 6.07) is 7.37. The molecular weight excluding hydrogens is 512 g/mol. The molecule has 11 heteroatoms. The van der Waals surface area contributed by atoms with E-state index in [2.05, 4.69) is 11.4 Å².